The van der Waals surface area contributed by atoms with Crippen molar-refractivity contribution in [1.29, 1.82) is 0 Å². The van der Waals surface area contributed by atoms with Crippen LogP contribution in [0.25, 0.3) is 0 Å². The topological polar surface area (TPSA) is 110 Å². The SMILES string of the molecule is NC(=O)c1cccc(OCC2(O)CCC(C(=O)O)CC2)c1. The maximum atomic E-state index is 11.1. The highest BCUT2D eigenvalue weighted by Crippen LogP contribution is 2.32. The molecule has 0 aromatic heterocycles. The van der Waals surface area contributed by atoms with Gasteiger partial charge in [0, 0.05) is 5.56 Å². The number of benzene rings is 1. The molecule has 1 aliphatic rings. The van der Waals surface area contributed by atoms with Crippen LogP contribution in [0.15, 0.2) is 24.3 Å². The molecule has 0 spiro atoms. The number of ether oxygens (including phenoxy) is 1. The number of carboxylic acids is 1. The van der Waals surface area contributed by atoms with Crippen molar-refractivity contribution in [1.82, 2.24) is 0 Å². The second kappa shape index (κ2) is 6.13. The third-order valence-corrected chi connectivity index (χ3v) is 3.89. The Hall–Kier alpha value is -2.08. The van der Waals surface area contributed by atoms with Gasteiger partial charge in [-0.15, -0.1) is 0 Å². The molecule has 1 aromatic rings. The van der Waals surface area contributed by atoms with Crippen LogP contribution in [0.2, 0.25) is 0 Å². The molecule has 0 unspecified atom stereocenters. The van der Waals surface area contributed by atoms with Crippen molar-refractivity contribution < 1.29 is 24.5 Å². The minimum Gasteiger partial charge on any atom is -0.491 e. The Morgan fingerprint density at radius 1 is 1.33 bits per heavy atom. The van der Waals surface area contributed by atoms with Crippen molar-refractivity contribution in [2.45, 2.75) is 31.3 Å². The van der Waals surface area contributed by atoms with Crippen molar-refractivity contribution in [2.75, 3.05) is 6.61 Å². The van der Waals surface area contributed by atoms with Gasteiger partial charge >= 0.3 is 5.97 Å². The second-order valence-electron chi connectivity index (χ2n) is 5.52. The molecule has 1 amide bonds. The number of hydrogen-bond donors (Lipinski definition) is 3. The fourth-order valence-electron chi connectivity index (χ4n) is 2.50. The molecule has 0 atom stereocenters. The number of hydrogen-bond acceptors (Lipinski definition) is 4. The molecule has 1 saturated carbocycles. The van der Waals surface area contributed by atoms with Crippen LogP contribution in [-0.2, 0) is 4.79 Å². The van der Waals surface area contributed by atoms with E-state index in [4.69, 9.17) is 15.6 Å². The predicted octanol–water partition coefficient (Wildman–Crippen LogP) is 1.17. The first-order valence-electron chi connectivity index (χ1n) is 6.87. The lowest BCUT2D eigenvalue weighted by atomic mass is 9.79. The molecular formula is C15H19NO5. The van der Waals surface area contributed by atoms with Gasteiger partial charge in [0.1, 0.15) is 12.4 Å². The van der Waals surface area contributed by atoms with E-state index < -0.39 is 17.5 Å². The van der Waals surface area contributed by atoms with Gasteiger partial charge in [-0.2, -0.15) is 0 Å². The van der Waals surface area contributed by atoms with Crippen LogP contribution in [-0.4, -0.2) is 34.3 Å². The van der Waals surface area contributed by atoms with Crippen LogP contribution in [0.3, 0.4) is 0 Å². The highest BCUT2D eigenvalue weighted by Gasteiger charge is 2.36. The number of carbonyl (C=O) groups is 2. The van der Waals surface area contributed by atoms with Crippen molar-refractivity contribution in [2.24, 2.45) is 11.7 Å². The molecule has 1 aliphatic carbocycles. The third-order valence-electron chi connectivity index (χ3n) is 3.89. The van der Waals surface area contributed by atoms with Crippen molar-refractivity contribution in [3.8, 4) is 5.75 Å². The molecule has 1 fully saturated rings. The van der Waals surface area contributed by atoms with E-state index >= 15 is 0 Å². The van der Waals surface area contributed by atoms with E-state index in [0.717, 1.165) is 0 Å². The number of rotatable bonds is 5. The lowest BCUT2D eigenvalue weighted by Gasteiger charge is -2.34. The Morgan fingerprint density at radius 3 is 2.57 bits per heavy atom. The van der Waals surface area contributed by atoms with Gasteiger partial charge in [-0.05, 0) is 43.9 Å². The molecular weight excluding hydrogens is 274 g/mol. The summed E-state index contributed by atoms with van der Waals surface area (Å²) in [7, 11) is 0. The second-order valence-corrected chi connectivity index (χ2v) is 5.52. The predicted molar refractivity (Wildman–Crippen MR) is 75.0 cm³/mol. The van der Waals surface area contributed by atoms with Crippen LogP contribution >= 0.6 is 0 Å². The smallest absolute Gasteiger partial charge is 0.306 e. The van der Waals surface area contributed by atoms with Crippen LogP contribution < -0.4 is 10.5 Å². The molecule has 6 nitrogen and oxygen atoms in total. The maximum Gasteiger partial charge on any atom is 0.306 e. The quantitative estimate of drug-likeness (QED) is 0.755. The summed E-state index contributed by atoms with van der Waals surface area (Å²) in [6.45, 7) is 0.0710. The molecule has 0 saturated heterocycles. The third kappa shape index (κ3) is 3.95. The fraction of sp³-hybridized carbons (Fsp3) is 0.467. The summed E-state index contributed by atoms with van der Waals surface area (Å²) >= 11 is 0. The Balaban J connectivity index is 1.92. The van der Waals surface area contributed by atoms with E-state index in [-0.39, 0.29) is 12.5 Å². The van der Waals surface area contributed by atoms with Crippen molar-refractivity contribution in [3.05, 3.63) is 29.8 Å². The molecule has 2 rings (SSSR count). The maximum absolute atomic E-state index is 11.1. The number of aliphatic carboxylic acids is 1. The molecule has 1 aromatic carbocycles. The van der Waals surface area contributed by atoms with Crippen molar-refractivity contribution >= 4 is 11.9 Å². The zero-order valence-electron chi connectivity index (χ0n) is 11.6. The first-order valence-corrected chi connectivity index (χ1v) is 6.87. The lowest BCUT2D eigenvalue weighted by molar-refractivity contribution is -0.145. The summed E-state index contributed by atoms with van der Waals surface area (Å²) in [5.74, 6) is -1.28. The van der Waals surface area contributed by atoms with Crippen LogP contribution in [0, 0.1) is 5.92 Å². The minimum absolute atomic E-state index is 0.0710. The summed E-state index contributed by atoms with van der Waals surface area (Å²) in [5, 5.41) is 19.3. The van der Waals surface area contributed by atoms with E-state index in [0.29, 0.717) is 37.0 Å². The molecule has 114 valence electrons. The van der Waals surface area contributed by atoms with Gasteiger partial charge in [0.2, 0.25) is 5.91 Å². The monoisotopic (exact) mass is 293 g/mol. The number of primary amides is 1. The van der Waals surface area contributed by atoms with Crippen LogP contribution in [0.5, 0.6) is 5.75 Å². The molecule has 0 bridgehead atoms. The van der Waals surface area contributed by atoms with E-state index in [9.17, 15) is 14.7 Å². The molecule has 0 aliphatic heterocycles. The van der Waals surface area contributed by atoms with E-state index in [1.807, 2.05) is 0 Å². The summed E-state index contributed by atoms with van der Waals surface area (Å²) in [6, 6.07) is 6.44. The average molecular weight is 293 g/mol. The summed E-state index contributed by atoms with van der Waals surface area (Å²) < 4.78 is 5.53. The summed E-state index contributed by atoms with van der Waals surface area (Å²) in [6.07, 6.45) is 1.66. The minimum atomic E-state index is -1.02. The lowest BCUT2D eigenvalue weighted by Crippen LogP contribution is -2.41. The zero-order valence-corrected chi connectivity index (χ0v) is 11.6. The Morgan fingerprint density at radius 2 is 2.00 bits per heavy atom. The average Bonchev–Trinajstić information content (AvgIpc) is 2.46. The summed E-state index contributed by atoms with van der Waals surface area (Å²) in [5.41, 5.74) is 4.51. The van der Waals surface area contributed by atoms with Crippen molar-refractivity contribution in [3.63, 3.8) is 0 Å². The molecule has 4 N–H and O–H groups in total. The molecule has 6 heteroatoms. The van der Waals surface area contributed by atoms with Gasteiger partial charge in [-0.3, -0.25) is 9.59 Å². The van der Waals surface area contributed by atoms with Gasteiger partial charge in [-0.25, -0.2) is 0 Å². The van der Waals surface area contributed by atoms with Crippen LogP contribution in [0.1, 0.15) is 36.0 Å². The van der Waals surface area contributed by atoms with E-state index in [1.54, 1.807) is 18.2 Å². The summed E-state index contributed by atoms with van der Waals surface area (Å²) in [4.78, 5) is 22.0. The standard InChI is InChI=1S/C15H19NO5/c16-13(17)11-2-1-3-12(8-11)21-9-15(20)6-4-10(5-7-15)14(18)19/h1-3,8,10,20H,4-7,9H2,(H2,16,17)(H,18,19). The normalized spacial score (nSPS) is 25.3. The van der Waals surface area contributed by atoms with Gasteiger partial charge in [0.05, 0.1) is 11.5 Å². The largest absolute Gasteiger partial charge is 0.491 e. The zero-order chi connectivity index (χ0) is 15.5. The number of carboxylic acid groups (broad SMARTS) is 1. The van der Waals surface area contributed by atoms with Crippen LogP contribution in [0.4, 0.5) is 0 Å². The van der Waals surface area contributed by atoms with Gasteiger partial charge in [0.25, 0.3) is 0 Å². The first-order chi connectivity index (χ1) is 9.89. The fourth-order valence-corrected chi connectivity index (χ4v) is 2.50. The highest BCUT2D eigenvalue weighted by atomic mass is 16.5. The number of nitrogens with two attached hydrogens (primary N) is 1. The first kappa shape index (κ1) is 15.3. The van der Waals surface area contributed by atoms with Gasteiger partial charge < -0.3 is 20.7 Å². The Bertz CT molecular complexity index is 535. The Labute approximate surface area is 122 Å². The molecule has 0 heterocycles. The highest BCUT2D eigenvalue weighted by molar-refractivity contribution is 5.93. The molecule has 21 heavy (non-hydrogen) atoms. The number of aliphatic hydroxyl groups is 1. The number of amides is 1. The van der Waals surface area contributed by atoms with E-state index in [2.05, 4.69) is 0 Å². The van der Waals surface area contributed by atoms with E-state index in [1.165, 1.54) is 6.07 Å². The van der Waals surface area contributed by atoms with Gasteiger partial charge in [0.15, 0.2) is 0 Å². The van der Waals surface area contributed by atoms with Gasteiger partial charge in [-0.1, -0.05) is 6.07 Å². The number of carbonyl (C=O) groups excluding carboxylic acids is 1. The Kier molecular flexibility index (Phi) is 4.47. The molecule has 0 radical (unpaired) electrons.